The summed E-state index contributed by atoms with van der Waals surface area (Å²) in [5, 5.41) is 4.74. The lowest BCUT2D eigenvalue weighted by molar-refractivity contribution is -0.138. The van der Waals surface area contributed by atoms with Crippen LogP contribution in [0.1, 0.15) is 22.0 Å². The fourth-order valence-electron chi connectivity index (χ4n) is 1.80. The fraction of sp³-hybridized carbons (Fsp3) is 0.250. The molecule has 1 unspecified atom stereocenters. The summed E-state index contributed by atoms with van der Waals surface area (Å²) in [5.41, 5.74) is -0.500. The molecule has 2 rings (SSSR count). The van der Waals surface area contributed by atoms with Gasteiger partial charge in [-0.15, -0.1) is 11.3 Å². The van der Waals surface area contributed by atoms with Crippen LogP contribution in [-0.4, -0.2) is 12.0 Å². The monoisotopic (exact) mass is 272 g/mol. The van der Waals surface area contributed by atoms with Crippen LogP contribution in [0.3, 0.4) is 0 Å². The molecular weight excluding hydrogens is 261 g/mol. The molecule has 2 nitrogen and oxygen atoms in total. The highest BCUT2D eigenvalue weighted by Crippen LogP contribution is 2.36. The normalized spacial score (nSPS) is 13.6. The second-order valence-electron chi connectivity index (χ2n) is 3.70. The minimum Gasteiger partial charge on any atom is -0.309 e. The van der Waals surface area contributed by atoms with Crippen molar-refractivity contribution in [2.45, 2.75) is 12.2 Å². The van der Waals surface area contributed by atoms with Gasteiger partial charge in [-0.2, -0.15) is 13.2 Å². The number of alkyl halides is 3. The van der Waals surface area contributed by atoms with E-state index in [1.165, 1.54) is 17.5 Å². The highest BCUT2D eigenvalue weighted by molar-refractivity contribution is 7.10. The van der Waals surface area contributed by atoms with Crippen LogP contribution in [0, 0.1) is 0 Å². The summed E-state index contributed by atoms with van der Waals surface area (Å²) in [6, 6.07) is 4.13. The van der Waals surface area contributed by atoms with Crippen LogP contribution in [0.5, 0.6) is 0 Å². The molecule has 96 valence electrons. The molecule has 0 spiro atoms. The maximum atomic E-state index is 12.9. The number of thiophene rings is 1. The Kier molecular flexibility index (Phi) is 3.68. The van der Waals surface area contributed by atoms with E-state index in [4.69, 9.17) is 0 Å². The van der Waals surface area contributed by atoms with Gasteiger partial charge in [0.1, 0.15) is 0 Å². The van der Waals surface area contributed by atoms with Crippen molar-refractivity contribution in [3.8, 4) is 0 Å². The lowest BCUT2D eigenvalue weighted by atomic mass is 10.0. The predicted octanol–water partition coefficient (Wildman–Crippen LogP) is 3.47. The molecule has 1 atom stereocenters. The third-order valence-corrected chi connectivity index (χ3v) is 3.52. The minimum absolute atomic E-state index is 0.148. The van der Waals surface area contributed by atoms with E-state index in [0.717, 1.165) is 17.1 Å². The zero-order chi connectivity index (χ0) is 13.2. The van der Waals surface area contributed by atoms with E-state index in [9.17, 15) is 13.2 Å². The zero-order valence-corrected chi connectivity index (χ0v) is 10.3. The van der Waals surface area contributed by atoms with Crippen molar-refractivity contribution in [3.05, 3.63) is 52.0 Å². The number of nitrogens with one attached hydrogen (secondary N) is 1. The van der Waals surface area contributed by atoms with Gasteiger partial charge in [-0.3, -0.25) is 4.98 Å². The SMILES string of the molecule is CNC(c1cccs1)c1cnccc1C(F)(F)F. The molecule has 18 heavy (non-hydrogen) atoms. The molecule has 0 aliphatic carbocycles. The Morgan fingerprint density at radius 3 is 2.67 bits per heavy atom. The number of hydrogen-bond acceptors (Lipinski definition) is 3. The van der Waals surface area contributed by atoms with Gasteiger partial charge in [0.15, 0.2) is 0 Å². The number of hydrogen-bond donors (Lipinski definition) is 1. The average Bonchev–Trinajstić information content (AvgIpc) is 2.83. The lowest BCUT2D eigenvalue weighted by Crippen LogP contribution is -2.21. The van der Waals surface area contributed by atoms with Crippen LogP contribution in [-0.2, 0) is 6.18 Å². The summed E-state index contributed by atoms with van der Waals surface area (Å²) in [5.74, 6) is 0. The molecule has 0 saturated heterocycles. The van der Waals surface area contributed by atoms with Crippen molar-refractivity contribution in [3.63, 3.8) is 0 Å². The molecule has 0 radical (unpaired) electrons. The third kappa shape index (κ3) is 2.54. The van der Waals surface area contributed by atoms with E-state index < -0.39 is 17.8 Å². The van der Waals surface area contributed by atoms with Gasteiger partial charge >= 0.3 is 6.18 Å². The maximum absolute atomic E-state index is 12.9. The molecule has 0 amide bonds. The molecule has 0 aliphatic heterocycles. The van der Waals surface area contributed by atoms with Crippen molar-refractivity contribution in [2.24, 2.45) is 0 Å². The first-order valence-corrected chi connectivity index (χ1v) is 6.13. The van der Waals surface area contributed by atoms with Crippen LogP contribution in [0.2, 0.25) is 0 Å². The number of pyridine rings is 1. The number of halogens is 3. The lowest BCUT2D eigenvalue weighted by Gasteiger charge is -2.19. The summed E-state index contributed by atoms with van der Waals surface area (Å²) >= 11 is 1.41. The molecular formula is C12H11F3N2S. The molecule has 0 bridgehead atoms. The van der Waals surface area contributed by atoms with Crippen LogP contribution in [0.15, 0.2) is 36.0 Å². The second kappa shape index (κ2) is 5.07. The molecule has 2 aromatic heterocycles. The summed E-state index contributed by atoms with van der Waals surface area (Å²) < 4.78 is 38.8. The van der Waals surface area contributed by atoms with E-state index in [1.54, 1.807) is 13.1 Å². The zero-order valence-electron chi connectivity index (χ0n) is 9.53. The number of rotatable bonds is 3. The van der Waals surface area contributed by atoms with Crippen molar-refractivity contribution in [1.82, 2.24) is 10.3 Å². The van der Waals surface area contributed by atoms with Crippen LogP contribution in [0.4, 0.5) is 13.2 Å². The van der Waals surface area contributed by atoms with Gasteiger partial charge in [-0.1, -0.05) is 6.07 Å². The second-order valence-corrected chi connectivity index (χ2v) is 4.68. The standard InChI is InChI=1S/C12H11F3N2S/c1-16-11(10-3-2-6-18-10)8-7-17-5-4-9(8)12(13,14)15/h2-7,11,16H,1H3. The van der Waals surface area contributed by atoms with Crippen LogP contribution < -0.4 is 5.32 Å². The van der Waals surface area contributed by atoms with Crippen molar-refractivity contribution in [1.29, 1.82) is 0 Å². The van der Waals surface area contributed by atoms with E-state index in [1.807, 2.05) is 11.4 Å². The first-order valence-electron chi connectivity index (χ1n) is 5.26. The largest absolute Gasteiger partial charge is 0.416 e. The van der Waals surface area contributed by atoms with Gasteiger partial charge in [-0.05, 0) is 24.6 Å². The Hall–Kier alpha value is -1.40. The molecule has 1 N–H and O–H groups in total. The first-order chi connectivity index (χ1) is 8.54. The molecule has 2 heterocycles. The Labute approximate surface area is 106 Å². The Balaban J connectivity index is 2.50. The summed E-state index contributed by atoms with van der Waals surface area (Å²) in [4.78, 5) is 4.63. The smallest absolute Gasteiger partial charge is 0.309 e. The molecule has 0 aliphatic rings. The van der Waals surface area contributed by atoms with Gasteiger partial charge in [0, 0.05) is 22.8 Å². The Morgan fingerprint density at radius 2 is 2.11 bits per heavy atom. The molecule has 0 fully saturated rings. The third-order valence-electron chi connectivity index (χ3n) is 2.58. The molecule has 0 saturated carbocycles. The molecule has 6 heteroatoms. The molecule has 0 aromatic carbocycles. The quantitative estimate of drug-likeness (QED) is 0.925. The van der Waals surface area contributed by atoms with Crippen molar-refractivity contribution in [2.75, 3.05) is 7.05 Å². The number of aromatic nitrogens is 1. The van der Waals surface area contributed by atoms with Gasteiger partial charge in [0.2, 0.25) is 0 Å². The molecule has 2 aromatic rings. The predicted molar refractivity (Wildman–Crippen MR) is 64.5 cm³/mol. The van der Waals surface area contributed by atoms with Crippen molar-refractivity contribution >= 4 is 11.3 Å². The van der Waals surface area contributed by atoms with Crippen LogP contribution in [0.25, 0.3) is 0 Å². The fourth-order valence-corrected chi connectivity index (χ4v) is 2.65. The topological polar surface area (TPSA) is 24.9 Å². The highest BCUT2D eigenvalue weighted by atomic mass is 32.1. The average molecular weight is 272 g/mol. The Morgan fingerprint density at radius 1 is 1.33 bits per heavy atom. The Bertz CT molecular complexity index is 508. The highest BCUT2D eigenvalue weighted by Gasteiger charge is 2.35. The maximum Gasteiger partial charge on any atom is 0.416 e. The van der Waals surface area contributed by atoms with Gasteiger partial charge in [-0.25, -0.2) is 0 Å². The van der Waals surface area contributed by atoms with Gasteiger partial charge in [0.05, 0.1) is 11.6 Å². The van der Waals surface area contributed by atoms with Crippen LogP contribution >= 0.6 is 11.3 Å². The van der Waals surface area contributed by atoms with Crippen molar-refractivity contribution < 1.29 is 13.2 Å². The van der Waals surface area contributed by atoms with E-state index in [0.29, 0.717) is 0 Å². The van der Waals surface area contributed by atoms with Gasteiger partial charge < -0.3 is 5.32 Å². The van der Waals surface area contributed by atoms with E-state index in [2.05, 4.69) is 10.3 Å². The summed E-state index contributed by atoms with van der Waals surface area (Å²) in [6.45, 7) is 0. The van der Waals surface area contributed by atoms with Gasteiger partial charge in [0.25, 0.3) is 0 Å². The van der Waals surface area contributed by atoms with E-state index in [-0.39, 0.29) is 5.56 Å². The summed E-state index contributed by atoms with van der Waals surface area (Å²) in [7, 11) is 1.64. The minimum atomic E-state index is -4.37. The number of nitrogens with zero attached hydrogens (tertiary/aromatic N) is 1. The first kappa shape index (κ1) is 13.0. The van der Waals surface area contributed by atoms with E-state index >= 15 is 0 Å². The summed E-state index contributed by atoms with van der Waals surface area (Å²) in [6.07, 6.45) is -1.94.